The summed E-state index contributed by atoms with van der Waals surface area (Å²) >= 11 is 12.8. The quantitative estimate of drug-likeness (QED) is 0.164. The Kier molecular flexibility index (Phi) is 7.70. The van der Waals surface area contributed by atoms with Gasteiger partial charge in [0.15, 0.2) is 11.5 Å². The van der Waals surface area contributed by atoms with Gasteiger partial charge in [-0.3, -0.25) is 4.98 Å². The zero-order valence-corrected chi connectivity index (χ0v) is 22.3. The number of halogens is 5. The molecule has 1 heterocycles. The Bertz CT molecular complexity index is 1710. The number of hydrogen-bond donors (Lipinski definition) is 0. The van der Waals surface area contributed by atoms with Crippen molar-refractivity contribution in [3.8, 4) is 23.3 Å². The molecule has 0 unspecified atom stereocenters. The van der Waals surface area contributed by atoms with Crippen molar-refractivity contribution in [3.05, 3.63) is 76.4 Å². The van der Waals surface area contributed by atoms with Gasteiger partial charge in [-0.25, -0.2) is 0 Å². The van der Waals surface area contributed by atoms with Gasteiger partial charge in [-0.2, -0.15) is 26.9 Å². The molecule has 3 aromatic carbocycles. The summed E-state index contributed by atoms with van der Waals surface area (Å²) in [7, 11) is -3.48. The van der Waals surface area contributed by atoms with Gasteiger partial charge in [0.05, 0.1) is 46.7 Å². The minimum Gasteiger partial charge on any atom is -0.495 e. The molecule has 4 aromatic rings. The second kappa shape index (κ2) is 10.7. The predicted octanol–water partition coefficient (Wildman–Crippen LogP) is 7.13. The third-order valence-corrected chi connectivity index (χ3v) is 6.99. The highest BCUT2D eigenvalue weighted by Gasteiger charge is 2.49. The van der Waals surface area contributed by atoms with Crippen LogP contribution in [0.25, 0.3) is 10.9 Å². The third-order valence-electron chi connectivity index (χ3n) is 5.43. The average molecular weight is 598 g/mol. The predicted molar refractivity (Wildman–Crippen MR) is 140 cm³/mol. The largest absolute Gasteiger partial charge is 0.534 e. The highest BCUT2D eigenvalue weighted by molar-refractivity contribution is 7.88. The van der Waals surface area contributed by atoms with Crippen LogP contribution in [0.3, 0.4) is 0 Å². The van der Waals surface area contributed by atoms with Gasteiger partial charge in [0.1, 0.15) is 11.8 Å². The molecular weight excluding hydrogens is 582 g/mol. The maximum absolute atomic E-state index is 13.0. The number of pyridine rings is 1. The van der Waals surface area contributed by atoms with E-state index in [0.29, 0.717) is 11.4 Å². The zero-order chi connectivity index (χ0) is 28.5. The SMILES string of the molecule is COc1cc(N(c2ccccc2)c2c(C#N)cnc3cc(OS(=O)(=O)C(F)(F)F)c(OC)cc23)c(Cl)cc1Cl. The number of fused-ring (bicyclic) bond motifs is 1. The molecular formula is C25H16Cl2F3N3O5S. The second-order valence-electron chi connectivity index (χ2n) is 7.74. The molecule has 0 amide bonds. The van der Waals surface area contributed by atoms with Crippen LogP contribution < -0.4 is 18.6 Å². The number of aromatic nitrogens is 1. The van der Waals surface area contributed by atoms with E-state index in [9.17, 15) is 26.9 Å². The van der Waals surface area contributed by atoms with Crippen molar-refractivity contribution in [3.63, 3.8) is 0 Å². The van der Waals surface area contributed by atoms with Crippen molar-refractivity contribution >= 4 is 61.3 Å². The van der Waals surface area contributed by atoms with Crippen LogP contribution in [0.1, 0.15) is 5.56 Å². The number of rotatable bonds is 7. The Labute approximate surface area is 230 Å². The zero-order valence-electron chi connectivity index (χ0n) is 20.0. The molecule has 0 saturated heterocycles. The molecule has 0 spiro atoms. The van der Waals surface area contributed by atoms with Crippen molar-refractivity contribution in [2.75, 3.05) is 19.1 Å². The molecule has 0 aliphatic rings. The lowest BCUT2D eigenvalue weighted by atomic mass is 10.1. The van der Waals surface area contributed by atoms with Crippen LogP contribution in [0.4, 0.5) is 30.2 Å². The fraction of sp³-hybridized carbons (Fsp3) is 0.120. The summed E-state index contributed by atoms with van der Waals surface area (Å²) in [6.07, 6.45) is 1.18. The summed E-state index contributed by atoms with van der Waals surface area (Å²) in [5.41, 5.74) is -4.54. The monoisotopic (exact) mass is 597 g/mol. The number of benzene rings is 3. The summed E-state index contributed by atoms with van der Waals surface area (Å²) in [6, 6.07) is 16.0. The number of methoxy groups -OCH3 is 2. The van der Waals surface area contributed by atoms with Crippen LogP contribution in [0, 0.1) is 11.3 Å². The topological polar surface area (TPSA) is 102 Å². The van der Waals surface area contributed by atoms with E-state index in [0.717, 1.165) is 13.2 Å². The van der Waals surface area contributed by atoms with E-state index >= 15 is 0 Å². The first kappa shape index (κ1) is 28.1. The molecule has 4 rings (SSSR count). The highest BCUT2D eigenvalue weighted by Crippen LogP contribution is 2.47. The standard InChI is InChI=1S/C25H16Cl2F3N3O5S/c1-36-21-11-20(17(26)9-18(21)27)33(15-6-4-3-5-7-15)24-14(12-31)13-32-19-10-23(22(37-2)8-16(19)24)38-39(34,35)25(28,29)30/h3-11,13H,1-2H3. The number of alkyl halides is 3. The Morgan fingerprint density at radius 3 is 2.21 bits per heavy atom. The van der Waals surface area contributed by atoms with E-state index < -0.39 is 21.4 Å². The van der Waals surface area contributed by atoms with Crippen molar-refractivity contribution in [1.29, 1.82) is 5.26 Å². The summed E-state index contributed by atoms with van der Waals surface area (Å²) in [6.45, 7) is 0. The molecule has 0 fully saturated rings. The minimum atomic E-state index is -6.01. The summed E-state index contributed by atoms with van der Waals surface area (Å²) in [5, 5.41) is 10.6. The Hall–Kier alpha value is -3.92. The lowest BCUT2D eigenvalue weighted by Crippen LogP contribution is -2.28. The van der Waals surface area contributed by atoms with Crippen LogP contribution >= 0.6 is 23.2 Å². The van der Waals surface area contributed by atoms with Gasteiger partial charge < -0.3 is 18.6 Å². The number of anilines is 3. The fourth-order valence-corrected chi connectivity index (χ4v) is 4.72. The Morgan fingerprint density at radius 1 is 0.949 bits per heavy atom. The molecule has 0 atom stereocenters. The molecule has 14 heteroatoms. The van der Waals surface area contributed by atoms with Crippen LogP contribution in [0.2, 0.25) is 10.0 Å². The summed E-state index contributed by atoms with van der Waals surface area (Å²) in [4.78, 5) is 5.75. The third kappa shape index (κ3) is 5.34. The minimum absolute atomic E-state index is 0.00448. The first-order valence-electron chi connectivity index (χ1n) is 10.7. The van der Waals surface area contributed by atoms with Crippen molar-refractivity contribution in [2.24, 2.45) is 0 Å². The number of nitriles is 1. The molecule has 0 saturated carbocycles. The lowest BCUT2D eigenvalue weighted by molar-refractivity contribution is -0.0500. The van der Waals surface area contributed by atoms with E-state index in [1.165, 1.54) is 25.4 Å². The van der Waals surface area contributed by atoms with Gasteiger partial charge in [0.25, 0.3) is 0 Å². The first-order valence-corrected chi connectivity index (χ1v) is 12.9. The molecule has 202 valence electrons. The molecule has 1 aromatic heterocycles. The lowest BCUT2D eigenvalue weighted by Gasteiger charge is -2.29. The highest BCUT2D eigenvalue weighted by atomic mass is 35.5. The maximum Gasteiger partial charge on any atom is 0.534 e. The smallest absolute Gasteiger partial charge is 0.495 e. The summed E-state index contributed by atoms with van der Waals surface area (Å²) in [5.74, 6) is -0.830. The van der Waals surface area contributed by atoms with Gasteiger partial charge >= 0.3 is 15.6 Å². The number of ether oxygens (including phenoxy) is 2. The van der Waals surface area contributed by atoms with Crippen LogP contribution in [0.15, 0.2) is 60.8 Å². The normalized spacial score (nSPS) is 11.6. The average Bonchev–Trinajstić information content (AvgIpc) is 2.89. The van der Waals surface area contributed by atoms with Crippen LogP contribution in [-0.4, -0.2) is 33.1 Å². The van der Waals surface area contributed by atoms with E-state index in [1.54, 1.807) is 41.3 Å². The molecule has 0 N–H and O–H groups in total. The molecule has 39 heavy (non-hydrogen) atoms. The van der Waals surface area contributed by atoms with Crippen molar-refractivity contribution in [1.82, 2.24) is 4.98 Å². The first-order chi connectivity index (χ1) is 18.4. The van der Waals surface area contributed by atoms with Gasteiger partial charge in [-0.05, 0) is 24.3 Å². The molecule has 0 radical (unpaired) electrons. The molecule has 0 aliphatic carbocycles. The van der Waals surface area contributed by atoms with Gasteiger partial charge in [-0.1, -0.05) is 41.4 Å². The van der Waals surface area contributed by atoms with Crippen molar-refractivity contribution < 1.29 is 35.2 Å². The fourth-order valence-electron chi connectivity index (χ4n) is 3.71. The van der Waals surface area contributed by atoms with E-state index in [1.807, 2.05) is 0 Å². The Balaban J connectivity index is 2.07. The van der Waals surface area contributed by atoms with Gasteiger partial charge in [0, 0.05) is 29.4 Å². The second-order valence-corrected chi connectivity index (χ2v) is 10.1. The number of para-hydroxylation sites is 1. The number of hydrogen-bond acceptors (Lipinski definition) is 8. The van der Waals surface area contributed by atoms with Crippen LogP contribution in [-0.2, 0) is 10.1 Å². The van der Waals surface area contributed by atoms with Gasteiger partial charge in [0.2, 0.25) is 0 Å². The van der Waals surface area contributed by atoms with Crippen LogP contribution in [0.5, 0.6) is 17.2 Å². The van der Waals surface area contributed by atoms with Gasteiger partial charge in [-0.15, -0.1) is 0 Å². The summed E-state index contributed by atoms with van der Waals surface area (Å²) < 4.78 is 77.2. The number of nitrogens with zero attached hydrogens (tertiary/aromatic N) is 3. The van der Waals surface area contributed by atoms with E-state index in [-0.39, 0.29) is 43.7 Å². The maximum atomic E-state index is 13.0. The Morgan fingerprint density at radius 2 is 1.62 bits per heavy atom. The van der Waals surface area contributed by atoms with E-state index in [2.05, 4.69) is 15.2 Å². The molecule has 0 bridgehead atoms. The van der Waals surface area contributed by atoms with Crippen molar-refractivity contribution in [2.45, 2.75) is 5.51 Å². The van der Waals surface area contributed by atoms with E-state index in [4.69, 9.17) is 32.7 Å². The molecule has 0 aliphatic heterocycles. The molecule has 8 nitrogen and oxygen atoms in total.